The summed E-state index contributed by atoms with van der Waals surface area (Å²) in [5, 5.41) is 0. The van der Waals surface area contributed by atoms with Crippen LogP contribution in [0, 0.1) is 17.5 Å². The second-order valence-corrected chi connectivity index (χ2v) is 5.50. The molecule has 0 heterocycles. The Bertz CT molecular complexity index is 760. The van der Waals surface area contributed by atoms with Gasteiger partial charge in [0.25, 0.3) is 0 Å². The molecule has 2 aromatic rings. The van der Waals surface area contributed by atoms with Gasteiger partial charge in [-0.15, -0.1) is 0 Å². The number of hydrogen-bond donors (Lipinski definition) is 0. The Balaban J connectivity index is 2.01. The van der Waals surface area contributed by atoms with Crippen LogP contribution in [0.5, 0.6) is 11.5 Å². The highest BCUT2D eigenvalue weighted by Gasteiger charge is 2.16. The Morgan fingerprint density at radius 2 is 1.62 bits per heavy atom. The highest BCUT2D eigenvalue weighted by Crippen LogP contribution is 2.28. The number of hydrogen-bond acceptors (Lipinski definition) is 2. The molecule has 0 radical (unpaired) electrons. The average molecular weight is 368 g/mol. The third kappa shape index (κ3) is 5.25. The van der Waals surface area contributed by atoms with Crippen LogP contribution in [0.1, 0.15) is 24.5 Å². The zero-order valence-corrected chi connectivity index (χ0v) is 14.4. The maximum absolute atomic E-state index is 14.1. The van der Waals surface area contributed by atoms with Gasteiger partial charge in [0, 0.05) is 5.56 Å². The zero-order valence-electron chi connectivity index (χ0n) is 14.4. The average Bonchev–Trinajstić information content (AvgIpc) is 2.63. The molecule has 2 rings (SSSR count). The number of halogens is 4. The fraction of sp³-hybridized carbons (Fsp3) is 0.300. The van der Waals surface area contributed by atoms with Crippen LogP contribution in [0.3, 0.4) is 0 Å². The molecule has 140 valence electrons. The standard InChI is InChI=1S/C20H20F4O2/c1-2-25-17-9-10-18(20(24)19(17)23)26-13-15-8-7-14(12-16(15)22)6-4-3-5-11-21/h3,5,7-10,12H,2,4,6,11,13H2,1H3/b5-3+. The van der Waals surface area contributed by atoms with Gasteiger partial charge in [-0.25, -0.2) is 8.78 Å². The SMILES string of the molecule is CCOc1ccc(OCc2ccc(CC/C=C/CF)cc2F)c(F)c1F. The fourth-order valence-electron chi connectivity index (χ4n) is 2.34. The van der Waals surface area contributed by atoms with E-state index in [4.69, 9.17) is 9.47 Å². The minimum atomic E-state index is -1.17. The molecule has 0 aromatic heterocycles. The quantitative estimate of drug-likeness (QED) is 0.427. The van der Waals surface area contributed by atoms with E-state index in [1.165, 1.54) is 30.3 Å². The first-order chi connectivity index (χ1) is 12.6. The van der Waals surface area contributed by atoms with E-state index < -0.39 is 24.1 Å². The van der Waals surface area contributed by atoms with Gasteiger partial charge in [0.05, 0.1) is 6.61 Å². The smallest absolute Gasteiger partial charge is 0.204 e. The summed E-state index contributed by atoms with van der Waals surface area (Å²) in [6.45, 7) is 1.11. The minimum Gasteiger partial charge on any atom is -0.491 e. The van der Waals surface area contributed by atoms with Crippen molar-refractivity contribution in [1.29, 1.82) is 0 Å². The molecule has 0 N–H and O–H groups in total. The van der Waals surface area contributed by atoms with Gasteiger partial charge >= 0.3 is 0 Å². The first-order valence-electron chi connectivity index (χ1n) is 8.28. The van der Waals surface area contributed by atoms with E-state index in [9.17, 15) is 17.6 Å². The maximum Gasteiger partial charge on any atom is 0.204 e. The van der Waals surface area contributed by atoms with Crippen LogP contribution < -0.4 is 9.47 Å². The fourth-order valence-corrected chi connectivity index (χ4v) is 2.34. The van der Waals surface area contributed by atoms with Crippen molar-refractivity contribution < 1.29 is 27.0 Å². The third-order valence-corrected chi connectivity index (χ3v) is 3.67. The van der Waals surface area contributed by atoms with Gasteiger partial charge in [-0.05, 0) is 43.5 Å². The van der Waals surface area contributed by atoms with Gasteiger partial charge in [0.1, 0.15) is 19.1 Å². The van der Waals surface area contributed by atoms with Crippen LogP contribution in [-0.4, -0.2) is 13.3 Å². The Labute approximate surface area is 150 Å². The van der Waals surface area contributed by atoms with E-state index in [1.807, 2.05) is 0 Å². The lowest BCUT2D eigenvalue weighted by atomic mass is 10.1. The summed E-state index contributed by atoms with van der Waals surface area (Å²) in [5.74, 6) is -3.32. The molecule has 0 amide bonds. The molecule has 0 spiro atoms. The molecule has 6 heteroatoms. The second-order valence-electron chi connectivity index (χ2n) is 5.50. The molecular weight excluding hydrogens is 348 g/mol. The van der Waals surface area contributed by atoms with Gasteiger partial charge in [-0.1, -0.05) is 24.3 Å². The van der Waals surface area contributed by atoms with Gasteiger partial charge in [0.2, 0.25) is 11.6 Å². The number of rotatable bonds is 9. The third-order valence-electron chi connectivity index (χ3n) is 3.67. The van der Waals surface area contributed by atoms with Gasteiger partial charge in [-0.2, -0.15) is 8.78 Å². The molecule has 0 aliphatic carbocycles. The number of allylic oxidation sites excluding steroid dienone is 2. The summed E-state index contributed by atoms with van der Waals surface area (Å²) in [6.07, 6.45) is 4.28. The van der Waals surface area contributed by atoms with Crippen molar-refractivity contribution in [3.63, 3.8) is 0 Å². The van der Waals surface area contributed by atoms with Crippen molar-refractivity contribution in [2.75, 3.05) is 13.3 Å². The van der Waals surface area contributed by atoms with E-state index in [0.29, 0.717) is 12.8 Å². The van der Waals surface area contributed by atoms with Crippen molar-refractivity contribution in [3.05, 3.63) is 71.1 Å². The van der Waals surface area contributed by atoms with Gasteiger partial charge in [0.15, 0.2) is 11.5 Å². The van der Waals surface area contributed by atoms with Gasteiger partial charge in [-0.3, -0.25) is 0 Å². The number of benzene rings is 2. The van der Waals surface area contributed by atoms with Crippen LogP contribution in [0.15, 0.2) is 42.5 Å². The minimum absolute atomic E-state index is 0.199. The molecule has 0 fully saturated rings. The molecule has 0 saturated heterocycles. The van der Waals surface area contributed by atoms with Crippen LogP contribution in [0.2, 0.25) is 0 Å². The summed E-state index contributed by atoms with van der Waals surface area (Å²) >= 11 is 0. The second kappa shape index (κ2) is 9.85. The van der Waals surface area contributed by atoms with Gasteiger partial charge < -0.3 is 9.47 Å². The summed E-state index contributed by atoms with van der Waals surface area (Å²) in [6, 6.07) is 7.12. The van der Waals surface area contributed by atoms with Crippen molar-refractivity contribution in [2.24, 2.45) is 0 Å². The maximum atomic E-state index is 14.1. The van der Waals surface area contributed by atoms with E-state index in [0.717, 1.165) is 5.56 Å². The molecule has 0 aliphatic heterocycles. The first kappa shape index (κ1) is 19.8. The summed E-state index contributed by atoms with van der Waals surface area (Å²) < 4.78 is 64.0. The van der Waals surface area contributed by atoms with Crippen LogP contribution >= 0.6 is 0 Å². The Kier molecular flexibility index (Phi) is 7.51. The summed E-state index contributed by atoms with van der Waals surface area (Å²) in [4.78, 5) is 0. The predicted molar refractivity (Wildman–Crippen MR) is 91.7 cm³/mol. The Morgan fingerprint density at radius 1 is 0.923 bits per heavy atom. The van der Waals surface area contributed by atoms with Crippen molar-refractivity contribution in [1.82, 2.24) is 0 Å². The van der Waals surface area contributed by atoms with E-state index in [-0.39, 0.29) is 30.3 Å². The molecule has 0 unspecified atom stereocenters. The van der Waals surface area contributed by atoms with Crippen molar-refractivity contribution in [3.8, 4) is 11.5 Å². The van der Waals surface area contributed by atoms with E-state index in [1.54, 1.807) is 19.1 Å². The lowest BCUT2D eigenvalue weighted by molar-refractivity contribution is 0.270. The molecule has 2 nitrogen and oxygen atoms in total. The highest BCUT2D eigenvalue weighted by atomic mass is 19.2. The normalized spacial score (nSPS) is 11.1. The number of aryl methyl sites for hydroxylation is 1. The topological polar surface area (TPSA) is 18.5 Å². The van der Waals surface area contributed by atoms with Crippen LogP contribution in [0.4, 0.5) is 17.6 Å². The molecular formula is C20H20F4O2. The predicted octanol–water partition coefficient (Wildman–Crippen LogP) is 5.54. The summed E-state index contributed by atoms with van der Waals surface area (Å²) in [5.41, 5.74) is 0.981. The highest BCUT2D eigenvalue weighted by molar-refractivity contribution is 5.35. The summed E-state index contributed by atoms with van der Waals surface area (Å²) in [7, 11) is 0. The van der Waals surface area contributed by atoms with E-state index in [2.05, 4.69) is 0 Å². The van der Waals surface area contributed by atoms with E-state index >= 15 is 0 Å². The first-order valence-corrected chi connectivity index (χ1v) is 8.28. The molecule has 0 aliphatic rings. The Hall–Kier alpha value is -2.50. The number of ether oxygens (including phenoxy) is 2. The lowest BCUT2D eigenvalue weighted by Gasteiger charge is -2.11. The Morgan fingerprint density at radius 3 is 2.23 bits per heavy atom. The number of alkyl halides is 1. The largest absolute Gasteiger partial charge is 0.491 e. The molecule has 0 bridgehead atoms. The lowest BCUT2D eigenvalue weighted by Crippen LogP contribution is -2.03. The molecule has 26 heavy (non-hydrogen) atoms. The zero-order chi connectivity index (χ0) is 18.9. The molecule has 0 atom stereocenters. The molecule has 0 saturated carbocycles. The van der Waals surface area contributed by atoms with Crippen LogP contribution in [0.25, 0.3) is 0 Å². The van der Waals surface area contributed by atoms with Crippen molar-refractivity contribution >= 4 is 0 Å². The molecule has 2 aromatic carbocycles. The monoisotopic (exact) mass is 368 g/mol. The van der Waals surface area contributed by atoms with Crippen molar-refractivity contribution in [2.45, 2.75) is 26.4 Å². The van der Waals surface area contributed by atoms with Crippen LogP contribution in [-0.2, 0) is 13.0 Å².